The van der Waals surface area contributed by atoms with Gasteiger partial charge in [0, 0.05) is 6.54 Å². The van der Waals surface area contributed by atoms with Crippen molar-refractivity contribution in [3.05, 3.63) is 35.9 Å². The van der Waals surface area contributed by atoms with Gasteiger partial charge in [0.1, 0.15) is 0 Å². The summed E-state index contributed by atoms with van der Waals surface area (Å²) in [6.45, 7) is 0.474. The minimum Gasteiger partial charge on any atom is -0.374 e. The van der Waals surface area contributed by atoms with Crippen LogP contribution in [0.15, 0.2) is 30.3 Å². The van der Waals surface area contributed by atoms with E-state index < -0.39 is 15.9 Å². The van der Waals surface area contributed by atoms with Gasteiger partial charge in [-0.05, 0) is 24.3 Å². The van der Waals surface area contributed by atoms with Crippen LogP contribution in [0.4, 0.5) is 0 Å². The van der Waals surface area contributed by atoms with Crippen molar-refractivity contribution in [2.45, 2.75) is 24.9 Å². The highest BCUT2D eigenvalue weighted by Crippen LogP contribution is 2.42. The van der Waals surface area contributed by atoms with Crippen LogP contribution in [0.25, 0.3) is 0 Å². The molecule has 0 radical (unpaired) electrons. The van der Waals surface area contributed by atoms with Crippen LogP contribution >= 0.6 is 0 Å². The number of rotatable bonds is 5. The first kappa shape index (κ1) is 15.5. The molecule has 1 aromatic rings. The minimum atomic E-state index is -3.03. The fraction of sp³-hybridized carbons (Fsp3) is 0.562. The number of carbonyl (C=O) groups excluding carboxylic acids is 1. The van der Waals surface area contributed by atoms with Gasteiger partial charge in [-0.25, -0.2) is 8.42 Å². The van der Waals surface area contributed by atoms with Crippen LogP contribution in [0.3, 0.4) is 0 Å². The van der Waals surface area contributed by atoms with E-state index in [1.54, 1.807) is 0 Å². The zero-order chi connectivity index (χ0) is 15.6. The number of carbonyl (C=O) groups is 1. The molecule has 1 amide bonds. The molecule has 1 saturated heterocycles. The molecule has 2 atom stereocenters. The summed E-state index contributed by atoms with van der Waals surface area (Å²) in [6.07, 6.45) is 1.71. The predicted molar refractivity (Wildman–Crippen MR) is 83.3 cm³/mol. The molecule has 2 unspecified atom stereocenters. The van der Waals surface area contributed by atoms with Crippen LogP contribution < -0.4 is 5.32 Å². The van der Waals surface area contributed by atoms with Gasteiger partial charge in [0.05, 0.1) is 30.1 Å². The second kappa shape index (κ2) is 6.38. The SMILES string of the molecule is O=C(NCC1CS(=O)(=O)CCO1)C(c1ccccc1)C1CC1. The third kappa shape index (κ3) is 3.87. The first-order chi connectivity index (χ1) is 10.6. The van der Waals surface area contributed by atoms with E-state index in [0.717, 1.165) is 18.4 Å². The number of nitrogens with one attached hydrogen (secondary N) is 1. The van der Waals surface area contributed by atoms with Crippen LogP contribution in [0.2, 0.25) is 0 Å². The van der Waals surface area contributed by atoms with E-state index in [4.69, 9.17) is 4.74 Å². The molecular weight excluding hydrogens is 302 g/mol. The predicted octanol–water partition coefficient (Wildman–Crippen LogP) is 1.11. The Balaban J connectivity index is 1.60. The van der Waals surface area contributed by atoms with E-state index in [0.29, 0.717) is 5.92 Å². The topological polar surface area (TPSA) is 72.5 Å². The summed E-state index contributed by atoms with van der Waals surface area (Å²) in [7, 11) is -3.03. The molecule has 2 aliphatic rings. The second-order valence-electron chi connectivity index (χ2n) is 6.08. The maximum Gasteiger partial charge on any atom is 0.227 e. The van der Waals surface area contributed by atoms with Crippen LogP contribution in [-0.4, -0.2) is 45.1 Å². The number of amides is 1. The number of hydrogen-bond acceptors (Lipinski definition) is 4. The molecule has 0 aromatic heterocycles. The highest BCUT2D eigenvalue weighted by molar-refractivity contribution is 7.91. The Bertz CT molecular complexity index is 625. The van der Waals surface area contributed by atoms with Crippen molar-refractivity contribution < 1.29 is 17.9 Å². The summed E-state index contributed by atoms with van der Waals surface area (Å²) >= 11 is 0. The third-order valence-corrected chi connectivity index (χ3v) is 5.89. The molecule has 0 spiro atoms. The Morgan fingerprint density at radius 1 is 1.27 bits per heavy atom. The van der Waals surface area contributed by atoms with Crippen molar-refractivity contribution in [2.75, 3.05) is 24.7 Å². The summed E-state index contributed by atoms with van der Waals surface area (Å²) in [5.74, 6) is 0.305. The summed E-state index contributed by atoms with van der Waals surface area (Å²) in [5, 5.41) is 2.88. The molecule has 22 heavy (non-hydrogen) atoms. The Hall–Kier alpha value is -1.40. The lowest BCUT2D eigenvalue weighted by atomic mass is 9.93. The summed E-state index contributed by atoms with van der Waals surface area (Å²) in [6, 6.07) is 9.77. The van der Waals surface area contributed by atoms with E-state index in [1.165, 1.54) is 0 Å². The normalized spacial score (nSPS) is 25.4. The molecule has 1 heterocycles. The molecule has 1 saturated carbocycles. The Kier molecular flexibility index (Phi) is 4.49. The van der Waals surface area contributed by atoms with Crippen molar-refractivity contribution in [3.63, 3.8) is 0 Å². The number of sulfone groups is 1. The van der Waals surface area contributed by atoms with Gasteiger partial charge in [0.15, 0.2) is 9.84 Å². The molecule has 120 valence electrons. The maximum absolute atomic E-state index is 12.5. The Morgan fingerprint density at radius 3 is 2.64 bits per heavy atom. The van der Waals surface area contributed by atoms with Crippen molar-refractivity contribution >= 4 is 15.7 Å². The summed E-state index contributed by atoms with van der Waals surface area (Å²) in [5.41, 5.74) is 1.03. The van der Waals surface area contributed by atoms with Crippen molar-refractivity contribution in [2.24, 2.45) is 5.92 Å². The van der Waals surface area contributed by atoms with Gasteiger partial charge in [0.25, 0.3) is 0 Å². The highest BCUT2D eigenvalue weighted by Gasteiger charge is 2.37. The number of hydrogen-bond donors (Lipinski definition) is 1. The van der Waals surface area contributed by atoms with Gasteiger partial charge in [0.2, 0.25) is 5.91 Å². The highest BCUT2D eigenvalue weighted by atomic mass is 32.2. The van der Waals surface area contributed by atoms with E-state index in [1.807, 2.05) is 30.3 Å². The van der Waals surface area contributed by atoms with E-state index in [2.05, 4.69) is 5.32 Å². The van der Waals surface area contributed by atoms with Gasteiger partial charge in [-0.3, -0.25) is 4.79 Å². The van der Waals surface area contributed by atoms with Gasteiger partial charge < -0.3 is 10.1 Å². The Labute approximate surface area is 131 Å². The Morgan fingerprint density at radius 2 is 2.00 bits per heavy atom. The van der Waals surface area contributed by atoms with Gasteiger partial charge in [-0.2, -0.15) is 0 Å². The fourth-order valence-electron chi connectivity index (χ4n) is 2.93. The summed E-state index contributed by atoms with van der Waals surface area (Å²) < 4.78 is 28.6. The van der Waals surface area contributed by atoms with Crippen molar-refractivity contribution in [1.82, 2.24) is 5.32 Å². The summed E-state index contributed by atoms with van der Waals surface area (Å²) in [4.78, 5) is 12.5. The standard InChI is InChI=1S/C16H21NO4S/c18-16(17-10-14-11-22(19,20)9-8-21-14)15(13-6-7-13)12-4-2-1-3-5-12/h1-5,13-15H,6-11H2,(H,17,18). The van der Waals surface area contributed by atoms with Gasteiger partial charge >= 0.3 is 0 Å². The molecule has 1 aliphatic heterocycles. The third-order valence-electron chi connectivity index (χ3n) is 4.23. The molecular formula is C16H21NO4S. The quantitative estimate of drug-likeness (QED) is 0.881. The molecule has 3 rings (SSSR count). The smallest absolute Gasteiger partial charge is 0.227 e. The average molecular weight is 323 g/mol. The number of ether oxygens (including phenoxy) is 1. The maximum atomic E-state index is 12.5. The average Bonchev–Trinajstić information content (AvgIpc) is 3.30. The van der Waals surface area contributed by atoms with Crippen molar-refractivity contribution in [1.29, 1.82) is 0 Å². The molecule has 1 N–H and O–H groups in total. The zero-order valence-electron chi connectivity index (χ0n) is 12.4. The molecule has 5 nitrogen and oxygen atoms in total. The van der Waals surface area contributed by atoms with Gasteiger partial charge in [-0.15, -0.1) is 0 Å². The fourth-order valence-corrected chi connectivity index (χ4v) is 4.22. The molecule has 2 fully saturated rings. The first-order valence-corrected chi connectivity index (χ1v) is 9.52. The second-order valence-corrected chi connectivity index (χ2v) is 8.31. The lowest BCUT2D eigenvalue weighted by Gasteiger charge is -2.24. The van der Waals surface area contributed by atoms with Crippen LogP contribution in [0.5, 0.6) is 0 Å². The number of benzene rings is 1. The van der Waals surface area contributed by atoms with Crippen LogP contribution in [0.1, 0.15) is 24.3 Å². The van der Waals surface area contributed by atoms with E-state index >= 15 is 0 Å². The van der Waals surface area contributed by atoms with Crippen LogP contribution in [0, 0.1) is 5.92 Å². The molecule has 6 heteroatoms. The van der Waals surface area contributed by atoms with Gasteiger partial charge in [-0.1, -0.05) is 30.3 Å². The van der Waals surface area contributed by atoms with E-state index in [-0.39, 0.29) is 36.5 Å². The lowest BCUT2D eigenvalue weighted by molar-refractivity contribution is -0.123. The van der Waals surface area contributed by atoms with Crippen LogP contribution in [-0.2, 0) is 19.4 Å². The zero-order valence-corrected chi connectivity index (χ0v) is 13.2. The minimum absolute atomic E-state index is 0.00723. The molecule has 1 aliphatic carbocycles. The first-order valence-electron chi connectivity index (χ1n) is 7.70. The molecule has 1 aromatic carbocycles. The largest absolute Gasteiger partial charge is 0.374 e. The monoisotopic (exact) mass is 323 g/mol. The van der Waals surface area contributed by atoms with E-state index in [9.17, 15) is 13.2 Å². The van der Waals surface area contributed by atoms with Crippen molar-refractivity contribution in [3.8, 4) is 0 Å². The lowest BCUT2D eigenvalue weighted by Crippen LogP contribution is -2.43. The molecule has 0 bridgehead atoms.